The van der Waals surface area contributed by atoms with E-state index in [0.29, 0.717) is 19.1 Å². The Kier molecular flexibility index (Phi) is 5.23. The summed E-state index contributed by atoms with van der Waals surface area (Å²) in [5.41, 5.74) is -0.935. The van der Waals surface area contributed by atoms with Crippen molar-refractivity contribution in [3.63, 3.8) is 0 Å². The van der Waals surface area contributed by atoms with Gasteiger partial charge in [-0.25, -0.2) is 4.79 Å². The number of carbonyl (C=O) groups excluding carboxylic acids is 2. The van der Waals surface area contributed by atoms with Gasteiger partial charge in [0.05, 0.1) is 12.1 Å². The van der Waals surface area contributed by atoms with Crippen LogP contribution in [0.25, 0.3) is 0 Å². The molecule has 23 heavy (non-hydrogen) atoms. The Balaban J connectivity index is 1.86. The van der Waals surface area contributed by atoms with Crippen molar-refractivity contribution < 1.29 is 19.1 Å². The van der Waals surface area contributed by atoms with Gasteiger partial charge in [-0.1, -0.05) is 6.92 Å². The molecule has 6 heteroatoms. The summed E-state index contributed by atoms with van der Waals surface area (Å²) in [6, 6.07) is 0.394. The minimum absolute atomic E-state index is 0.0241. The first kappa shape index (κ1) is 18.0. The second-order valence-corrected chi connectivity index (χ2v) is 7.71. The molecule has 1 aliphatic carbocycles. The van der Waals surface area contributed by atoms with Crippen molar-refractivity contribution in [2.45, 2.75) is 70.6 Å². The molecule has 0 aromatic heterocycles. The molecule has 2 amide bonds. The van der Waals surface area contributed by atoms with Crippen LogP contribution in [0, 0.1) is 0 Å². The zero-order valence-electron chi connectivity index (χ0n) is 15.1. The fourth-order valence-electron chi connectivity index (χ4n) is 2.82. The van der Waals surface area contributed by atoms with E-state index in [9.17, 15) is 9.59 Å². The van der Waals surface area contributed by atoms with Crippen molar-refractivity contribution in [3.8, 4) is 0 Å². The molecule has 0 spiro atoms. The molecule has 0 radical (unpaired) electrons. The van der Waals surface area contributed by atoms with E-state index in [2.05, 4.69) is 0 Å². The van der Waals surface area contributed by atoms with Gasteiger partial charge in [0.25, 0.3) is 0 Å². The summed E-state index contributed by atoms with van der Waals surface area (Å²) in [5, 5.41) is 0. The molecule has 2 rings (SSSR count). The summed E-state index contributed by atoms with van der Waals surface area (Å²) < 4.78 is 11.4. The minimum Gasteiger partial charge on any atom is -0.444 e. The number of nitrogens with zero attached hydrogens (tertiary/aromatic N) is 2. The zero-order valence-corrected chi connectivity index (χ0v) is 15.1. The van der Waals surface area contributed by atoms with Gasteiger partial charge < -0.3 is 19.3 Å². The number of ether oxygens (including phenoxy) is 2. The fraction of sp³-hybridized carbons (Fsp3) is 0.882. The number of likely N-dealkylation sites (tertiary alicyclic amines) is 1. The Hall–Kier alpha value is -1.30. The van der Waals surface area contributed by atoms with Crippen LogP contribution < -0.4 is 0 Å². The summed E-state index contributed by atoms with van der Waals surface area (Å²) in [6.45, 7) is 8.79. The summed E-state index contributed by atoms with van der Waals surface area (Å²) in [7, 11) is 1.84. The van der Waals surface area contributed by atoms with Crippen LogP contribution in [0.3, 0.4) is 0 Å². The van der Waals surface area contributed by atoms with Crippen LogP contribution in [0.2, 0.25) is 0 Å². The van der Waals surface area contributed by atoms with Gasteiger partial charge in [0.15, 0.2) is 0 Å². The lowest BCUT2D eigenvalue weighted by molar-refractivity contribution is -0.142. The Bertz CT molecular complexity index is 456. The molecule has 1 aliphatic heterocycles. The van der Waals surface area contributed by atoms with Crippen molar-refractivity contribution in [2.75, 3.05) is 26.7 Å². The van der Waals surface area contributed by atoms with E-state index >= 15 is 0 Å². The molecule has 2 aliphatic rings. The molecular weight excluding hydrogens is 296 g/mol. The topological polar surface area (TPSA) is 59.1 Å². The maximum atomic E-state index is 12.2. The molecular formula is C17H30N2O4. The quantitative estimate of drug-likeness (QED) is 0.778. The van der Waals surface area contributed by atoms with Crippen LogP contribution in [-0.2, 0) is 14.3 Å². The summed E-state index contributed by atoms with van der Waals surface area (Å²) in [5.74, 6) is 0.0241. The Labute approximate surface area is 139 Å². The fourth-order valence-corrected chi connectivity index (χ4v) is 2.82. The Morgan fingerprint density at radius 2 is 1.96 bits per heavy atom. The van der Waals surface area contributed by atoms with Crippen molar-refractivity contribution in [1.29, 1.82) is 0 Å². The van der Waals surface area contributed by atoms with Gasteiger partial charge >= 0.3 is 6.09 Å². The van der Waals surface area contributed by atoms with Crippen molar-refractivity contribution in [2.24, 2.45) is 0 Å². The van der Waals surface area contributed by atoms with E-state index in [1.54, 1.807) is 9.80 Å². The summed E-state index contributed by atoms with van der Waals surface area (Å²) >= 11 is 0. The molecule has 1 saturated carbocycles. The van der Waals surface area contributed by atoms with E-state index in [0.717, 1.165) is 25.7 Å². The monoisotopic (exact) mass is 326 g/mol. The molecule has 0 aromatic rings. The highest BCUT2D eigenvalue weighted by atomic mass is 16.6. The number of carbonyl (C=O) groups is 2. The lowest BCUT2D eigenvalue weighted by atomic mass is 10.00. The van der Waals surface area contributed by atoms with Crippen LogP contribution in [0.5, 0.6) is 0 Å². The van der Waals surface area contributed by atoms with Gasteiger partial charge in [0, 0.05) is 19.6 Å². The van der Waals surface area contributed by atoms with E-state index < -0.39 is 11.2 Å². The molecule has 0 bridgehead atoms. The third-order valence-electron chi connectivity index (χ3n) is 4.60. The normalized spacial score (nSPS) is 24.7. The largest absolute Gasteiger partial charge is 0.444 e. The SMILES string of the molecule is CCC1(OCC(=O)N(C)C2CC2)CCN(C(=O)OC(C)(C)C)C1. The second-order valence-electron chi connectivity index (χ2n) is 7.71. The smallest absolute Gasteiger partial charge is 0.410 e. The van der Waals surface area contributed by atoms with E-state index in [4.69, 9.17) is 9.47 Å². The average Bonchev–Trinajstić information content (AvgIpc) is 3.22. The highest BCUT2D eigenvalue weighted by molar-refractivity contribution is 5.77. The van der Waals surface area contributed by atoms with Crippen LogP contribution in [0.4, 0.5) is 4.79 Å². The second kappa shape index (κ2) is 6.67. The van der Waals surface area contributed by atoms with E-state index in [-0.39, 0.29) is 18.6 Å². The minimum atomic E-state index is -0.502. The predicted molar refractivity (Wildman–Crippen MR) is 87.2 cm³/mol. The van der Waals surface area contributed by atoms with Gasteiger partial charge in [-0.3, -0.25) is 4.79 Å². The van der Waals surface area contributed by atoms with Crippen LogP contribution in [0.15, 0.2) is 0 Å². The Morgan fingerprint density at radius 1 is 1.30 bits per heavy atom. The third-order valence-corrected chi connectivity index (χ3v) is 4.60. The van der Waals surface area contributed by atoms with Gasteiger partial charge in [-0.05, 0) is 46.5 Å². The first-order valence-corrected chi connectivity index (χ1v) is 8.53. The molecule has 1 saturated heterocycles. The molecule has 132 valence electrons. The molecule has 1 atom stereocenters. The molecule has 1 heterocycles. The number of hydrogen-bond acceptors (Lipinski definition) is 4. The van der Waals surface area contributed by atoms with Gasteiger partial charge in [0.1, 0.15) is 12.2 Å². The number of amides is 2. The average molecular weight is 326 g/mol. The molecule has 0 aromatic carbocycles. The van der Waals surface area contributed by atoms with Crippen molar-refractivity contribution >= 4 is 12.0 Å². The van der Waals surface area contributed by atoms with Gasteiger partial charge in [-0.15, -0.1) is 0 Å². The van der Waals surface area contributed by atoms with Crippen molar-refractivity contribution in [1.82, 2.24) is 9.80 Å². The lowest BCUT2D eigenvalue weighted by Gasteiger charge is -2.30. The van der Waals surface area contributed by atoms with Crippen LogP contribution in [0.1, 0.15) is 53.4 Å². The first-order valence-electron chi connectivity index (χ1n) is 8.53. The third kappa shape index (κ3) is 4.83. The molecule has 2 fully saturated rings. The lowest BCUT2D eigenvalue weighted by Crippen LogP contribution is -2.42. The maximum Gasteiger partial charge on any atom is 0.410 e. The first-order chi connectivity index (χ1) is 10.7. The standard InChI is InChI=1S/C17H30N2O4/c1-6-17(22-11-14(20)18(5)13-7-8-13)9-10-19(12-17)15(21)23-16(2,3)4/h13H,6-12H2,1-5H3. The highest BCUT2D eigenvalue weighted by Crippen LogP contribution is 2.31. The molecule has 6 nitrogen and oxygen atoms in total. The molecule has 0 N–H and O–H groups in total. The zero-order chi connectivity index (χ0) is 17.3. The number of likely N-dealkylation sites (N-methyl/N-ethyl adjacent to an activating group) is 1. The number of hydrogen-bond donors (Lipinski definition) is 0. The van der Waals surface area contributed by atoms with Gasteiger partial charge in [-0.2, -0.15) is 0 Å². The van der Waals surface area contributed by atoms with Crippen LogP contribution in [-0.4, -0.2) is 65.8 Å². The molecule has 1 unspecified atom stereocenters. The summed E-state index contributed by atoms with van der Waals surface area (Å²) in [4.78, 5) is 27.8. The number of rotatable bonds is 5. The Morgan fingerprint density at radius 3 is 2.48 bits per heavy atom. The highest BCUT2D eigenvalue weighted by Gasteiger charge is 2.42. The van der Waals surface area contributed by atoms with Crippen molar-refractivity contribution in [3.05, 3.63) is 0 Å². The van der Waals surface area contributed by atoms with Crippen LogP contribution >= 0.6 is 0 Å². The van der Waals surface area contributed by atoms with Gasteiger partial charge in [0.2, 0.25) is 5.91 Å². The van der Waals surface area contributed by atoms with E-state index in [1.807, 2.05) is 34.7 Å². The predicted octanol–water partition coefficient (Wildman–Crippen LogP) is 2.41. The maximum absolute atomic E-state index is 12.2. The summed E-state index contributed by atoms with van der Waals surface area (Å²) in [6.07, 6.45) is 3.38. The van der Waals surface area contributed by atoms with E-state index in [1.165, 1.54) is 0 Å².